The molecule has 0 saturated heterocycles. The number of nitrogens with zero attached hydrogens (tertiary/aromatic N) is 1. The standard InChI is InChI=1S/C52H35NO/c1-4-14-36(15-5-1)40-32-41(37-16-6-2-7-17-37)34-42(33-40)48-24-13-25-51-52(48)49-35-45(30-31-50(49)54-51)53(43-20-8-3-9-21-43)44-28-26-39(27-29-44)47-23-12-19-38-18-10-11-22-46(38)47/h1-35H. The summed E-state index contributed by atoms with van der Waals surface area (Å²) in [4.78, 5) is 2.33. The summed E-state index contributed by atoms with van der Waals surface area (Å²) in [5.41, 5.74) is 14.4. The zero-order chi connectivity index (χ0) is 35.8. The van der Waals surface area contributed by atoms with Crippen LogP contribution in [0.5, 0.6) is 0 Å². The fourth-order valence-electron chi connectivity index (χ4n) is 7.86. The lowest BCUT2D eigenvalue weighted by molar-refractivity contribution is 0.669. The highest BCUT2D eigenvalue weighted by atomic mass is 16.3. The van der Waals surface area contributed by atoms with Crippen LogP contribution in [0.25, 0.3) is 77.2 Å². The van der Waals surface area contributed by atoms with Gasteiger partial charge in [-0.2, -0.15) is 0 Å². The van der Waals surface area contributed by atoms with Gasteiger partial charge in [0.1, 0.15) is 11.2 Å². The van der Waals surface area contributed by atoms with Crippen molar-refractivity contribution in [2.75, 3.05) is 4.90 Å². The number of furan rings is 1. The molecule has 1 aromatic heterocycles. The lowest BCUT2D eigenvalue weighted by atomic mass is 9.91. The number of hydrogen-bond donors (Lipinski definition) is 0. The van der Waals surface area contributed by atoms with Gasteiger partial charge in [0.15, 0.2) is 0 Å². The topological polar surface area (TPSA) is 16.4 Å². The number of anilines is 3. The van der Waals surface area contributed by atoms with Crippen LogP contribution in [0.15, 0.2) is 217 Å². The van der Waals surface area contributed by atoms with E-state index in [1.54, 1.807) is 0 Å². The van der Waals surface area contributed by atoms with E-state index in [-0.39, 0.29) is 0 Å². The summed E-state index contributed by atoms with van der Waals surface area (Å²) in [6.45, 7) is 0. The third-order valence-corrected chi connectivity index (χ3v) is 10.4. The van der Waals surface area contributed by atoms with E-state index in [9.17, 15) is 0 Å². The summed E-state index contributed by atoms with van der Waals surface area (Å²) in [6.07, 6.45) is 0. The Balaban J connectivity index is 1.13. The molecule has 0 N–H and O–H groups in total. The molecule has 0 radical (unpaired) electrons. The molecule has 0 aliphatic carbocycles. The van der Waals surface area contributed by atoms with Crippen LogP contribution in [-0.4, -0.2) is 0 Å². The van der Waals surface area contributed by atoms with E-state index in [1.165, 1.54) is 44.2 Å². The number of rotatable bonds is 7. The Hall–Kier alpha value is -7.16. The van der Waals surface area contributed by atoms with Crippen molar-refractivity contribution < 1.29 is 4.42 Å². The summed E-state index contributed by atoms with van der Waals surface area (Å²) in [6, 6.07) is 75.8. The van der Waals surface area contributed by atoms with Gasteiger partial charge in [-0.05, 0) is 122 Å². The van der Waals surface area contributed by atoms with Crippen molar-refractivity contribution in [3.63, 3.8) is 0 Å². The van der Waals surface area contributed by atoms with Crippen molar-refractivity contribution in [1.82, 2.24) is 0 Å². The summed E-state index contributed by atoms with van der Waals surface area (Å²) in [5.74, 6) is 0. The summed E-state index contributed by atoms with van der Waals surface area (Å²) < 4.78 is 6.57. The van der Waals surface area contributed by atoms with Crippen molar-refractivity contribution >= 4 is 49.8 Å². The molecule has 10 aromatic rings. The van der Waals surface area contributed by atoms with Crippen molar-refractivity contribution in [2.24, 2.45) is 0 Å². The highest BCUT2D eigenvalue weighted by Crippen LogP contribution is 2.43. The summed E-state index contributed by atoms with van der Waals surface area (Å²) in [7, 11) is 0. The van der Waals surface area contributed by atoms with Crippen LogP contribution < -0.4 is 4.90 Å². The van der Waals surface area contributed by atoms with E-state index >= 15 is 0 Å². The molecular weight excluding hydrogens is 655 g/mol. The molecule has 0 bridgehead atoms. The Morgan fingerprint density at radius 3 is 1.57 bits per heavy atom. The van der Waals surface area contributed by atoms with E-state index < -0.39 is 0 Å². The predicted molar refractivity (Wildman–Crippen MR) is 228 cm³/mol. The molecular formula is C52H35NO. The zero-order valence-electron chi connectivity index (χ0n) is 29.6. The van der Waals surface area contributed by atoms with Gasteiger partial charge in [0.25, 0.3) is 0 Å². The molecule has 0 atom stereocenters. The summed E-state index contributed by atoms with van der Waals surface area (Å²) in [5, 5.41) is 4.69. The van der Waals surface area contributed by atoms with Crippen LogP contribution in [0.1, 0.15) is 0 Å². The van der Waals surface area contributed by atoms with Gasteiger partial charge < -0.3 is 9.32 Å². The monoisotopic (exact) mass is 689 g/mol. The normalized spacial score (nSPS) is 11.3. The highest BCUT2D eigenvalue weighted by molar-refractivity contribution is 6.14. The van der Waals surface area contributed by atoms with Gasteiger partial charge in [0, 0.05) is 27.8 Å². The second kappa shape index (κ2) is 13.4. The van der Waals surface area contributed by atoms with Gasteiger partial charge in [-0.25, -0.2) is 0 Å². The quantitative estimate of drug-likeness (QED) is 0.166. The minimum atomic E-state index is 0.864. The number of benzene rings is 9. The molecule has 10 rings (SSSR count). The van der Waals surface area contributed by atoms with Crippen LogP contribution in [0.2, 0.25) is 0 Å². The largest absolute Gasteiger partial charge is 0.456 e. The number of para-hydroxylation sites is 1. The molecule has 0 aliphatic heterocycles. The number of hydrogen-bond acceptors (Lipinski definition) is 2. The Morgan fingerprint density at radius 2 is 0.852 bits per heavy atom. The van der Waals surface area contributed by atoms with Gasteiger partial charge in [-0.3, -0.25) is 0 Å². The second-order valence-electron chi connectivity index (χ2n) is 13.7. The van der Waals surface area contributed by atoms with E-state index in [0.717, 1.165) is 50.1 Å². The smallest absolute Gasteiger partial charge is 0.136 e. The van der Waals surface area contributed by atoms with Gasteiger partial charge in [0.05, 0.1) is 0 Å². The van der Waals surface area contributed by atoms with Crippen molar-refractivity contribution in [3.05, 3.63) is 212 Å². The lowest BCUT2D eigenvalue weighted by Crippen LogP contribution is -2.09. The van der Waals surface area contributed by atoms with Crippen LogP contribution in [0, 0.1) is 0 Å². The van der Waals surface area contributed by atoms with Crippen molar-refractivity contribution in [1.29, 1.82) is 0 Å². The fourth-order valence-corrected chi connectivity index (χ4v) is 7.86. The minimum absolute atomic E-state index is 0.864. The molecule has 0 unspecified atom stereocenters. The zero-order valence-corrected chi connectivity index (χ0v) is 29.6. The van der Waals surface area contributed by atoms with Crippen molar-refractivity contribution in [3.8, 4) is 44.5 Å². The molecule has 0 fully saturated rings. The first-order chi connectivity index (χ1) is 26.8. The van der Waals surface area contributed by atoms with Gasteiger partial charge in [0.2, 0.25) is 0 Å². The Bertz CT molecular complexity index is 2850. The van der Waals surface area contributed by atoms with Gasteiger partial charge >= 0.3 is 0 Å². The highest BCUT2D eigenvalue weighted by Gasteiger charge is 2.19. The Labute approximate surface area is 314 Å². The van der Waals surface area contributed by atoms with E-state index in [0.29, 0.717) is 0 Å². The first-order valence-corrected chi connectivity index (χ1v) is 18.4. The second-order valence-corrected chi connectivity index (χ2v) is 13.7. The predicted octanol–water partition coefficient (Wildman–Crippen LogP) is 14.9. The van der Waals surface area contributed by atoms with Crippen LogP contribution in [0.4, 0.5) is 17.1 Å². The average Bonchev–Trinajstić information content (AvgIpc) is 3.63. The third kappa shape index (κ3) is 5.71. The molecule has 9 aromatic carbocycles. The van der Waals surface area contributed by atoms with Crippen molar-refractivity contribution in [2.45, 2.75) is 0 Å². The van der Waals surface area contributed by atoms with Crippen LogP contribution in [0.3, 0.4) is 0 Å². The fraction of sp³-hybridized carbons (Fsp3) is 0. The Morgan fingerprint density at radius 1 is 0.296 bits per heavy atom. The van der Waals surface area contributed by atoms with Crippen LogP contribution in [-0.2, 0) is 0 Å². The molecule has 0 aliphatic rings. The molecule has 0 amide bonds. The van der Waals surface area contributed by atoms with Gasteiger partial charge in [-0.15, -0.1) is 0 Å². The lowest BCUT2D eigenvalue weighted by Gasteiger charge is -2.26. The maximum atomic E-state index is 6.57. The molecule has 54 heavy (non-hydrogen) atoms. The minimum Gasteiger partial charge on any atom is -0.456 e. The van der Waals surface area contributed by atoms with Gasteiger partial charge in [-0.1, -0.05) is 146 Å². The maximum Gasteiger partial charge on any atom is 0.136 e. The van der Waals surface area contributed by atoms with Crippen LogP contribution >= 0.6 is 0 Å². The molecule has 0 saturated carbocycles. The average molecular weight is 690 g/mol. The Kier molecular flexibility index (Phi) is 7.85. The molecule has 1 heterocycles. The SMILES string of the molecule is c1ccc(-c2cc(-c3ccccc3)cc(-c3cccc4oc5ccc(N(c6ccccc6)c6ccc(-c7cccc8ccccc78)cc6)cc5c34)c2)cc1. The first-order valence-electron chi connectivity index (χ1n) is 18.4. The first kappa shape index (κ1) is 31.6. The summed E-state index contributed by atoms with van der Waals surface area (Å²) >= 11 is 0. The third-order valence-electron chi connectivity index (χ3n) is 10.4. The van der Waals surface area contributed by atoms with E-state index in [2.05, 4.69) is 217 Å². The molecule has 0 spiro atoms. The van der Waals surface area contributed by atoms with E-state index in [1.807, 2.05) is 0 Å². The molecule has 2 heteroatoms. The molecule has 254 valence electrons. The van der Waals surface area contributed by atoms with E-state index in [4.69, 9.17) is 4.42 Å². The number of fused-ring (bicyclic) bond motifs is 4. The maximum absolute atomic E-state index is 6.57. The molecule has 2 nitrogen and oxygen atoms in total.